The SMILES string of the molecule is C(CN1C[C@H]2CNC[C@H]2C1)OCC1CC1.Cl. The van der Waals surface area contributed by atoms with E-state index in [9.17, 15) is 0 Å². The largest absolute Gasteiger partial charge is 0.380 e. The van der Waals surface area contributed by atoms with Crippen molar-refractivity contribution in [2.75, 3.05) is 45.9 Å². The Kier molecular flexibility index (Phi) is 4.48. The van der Waals surface area contributed by atoms with E-state index in [0.717, 1.165) is 37.5 Å². The molecule has 4 heteroatoms. The van der Waals surface area contributed by atoms with Gasteiger partial charge >= 0.3 is 0 Å². The minimum absolute atomic E-state index is 0. The van der Waals surface area contributed by atoms with Gasteiger partial charge in [-0.1, -0.05) is 0 Å². The zero-order valence-electron chi connectivity index (χ0n) is 9.86. The maximum atomic E-state index is 5.68. The molecular weight excluding hydrogens is 224 g/mol. The van der Waals surface area contributed by atoms with Gasteiger partial charge in [0.05, 0.1) is 6.61 Å². The summed E-state index contributed by atoms with van der Waals surface area (Å²) in [6.45, 7) is 8.19. The number of fused-ring (bicyclic) bond motifs is 1. The first-order valence-corrected chi connectivity index (χ1v) is 6.42. The lowest BCUT2D eigenvalue weighted by Crippen LogP contribution is -2.29. The Bertz CT molecular complexity index is 211. The van der Waals surface area contributed by atoms with Crippen LogP contribution in [0.3, 0.4) is 0 Å². The fraction of sp³-hybridized carbons (Fsp3) is 1.00. The van der Waals surface area contributed by atoms with Crippen molar-refractivity contribution >= 4 is 12.4 Å². The van der Waals surface area contributed by atoms with Crippen LogP contribution in [-0.2, 0) is 4.74 Å². The Balaban J connectivity index is 0.000000963. The van der Waals surface area contributed by atoms with Gasteiger partial charge < -0.3 is 15.0 Å². The van der Waals surface area contributed by atoms with Crippen molar-refractivity contribution < 1.29 is 4.74 Å². The van der Waals surface area contributed by atoms with E-state index in [1.807, 2.05) is 0 Å². The molecule has 0 aromatic carbocycles. The van der Waals surface area contributed by atoms with Crippen LogP contribution in [0.25, 0.3) is 0 Å². The zero-order valence-corrected chi connectivity index (χ0v) is 10.7. The fourth-order valence-corrected chi connectivity index (χ4v) is 2.86. The molecule has 1 saturated carbocycles. The molecule has 3 rings (SSSR count). The molecule has 3 aliphatic rings. The predicted molar refractivity (Wildman–Crippen MR) is 67.1 cm³/mol. The normalized spacial score (nSPS) is 33.8. The Morgan fingerprint density at radius 1 is 1.12 bits per heavy atom. The first kappa shape index (κ1) is 12.6. The topological polar surface area (TPSA) is 24.5 Å². The predicted octanol–water partition coefficient (Wildman–Crippen LogP) is 0.986. The first-order valence-electron chi connectivity index (χ1n) is 6.42. The molecule has 0 unspecified atom stereocenters. The molecule has 2 saturated heterocycles. The van der Waals surface area contributed by atoms with Crippen molar-refractivity contribution in [1.29, 1.82) is 0 Å². The van der Waals surface area contributed by atoms with E-state index in [4.69, 9.17) is 4.74 Å². The highest BCUT2D eigenvalue weighted by molar-refractivity contribution is 5.85. The van der Waals surface area contributed by atoms with Crippen molar-refractivity contribution in [3.63, 3.8) is 0 Å². The average molecular weight is 247 g/mol. The van der Waals surface area contributed by atoms with Gasteiger partial charge in [-0.05, 0) is 43.7 Å². The van der Waals surface area contributed by atoms with E-state index in [0.29, 0.717) is 0 Å². The first-order chi connectivity index (χ1) is 7.42. The molecule has 0 aromatic rings. The Hall–Kier alpha value is 0.170. The third-order valence-corrected chi connectivity index (χ3v) is 4.07. The van der Waals surface area contributed by atoms with Crippen LogP contribution in [0.4, 0.5) is 0 Å². The molecule has 2 atom stereocenters. The van der Waals surface area contributed by atoms with Gasteiger partial charge in [-0.2, -0.15) is 0 Å². The van der Waals surface area contributed by atoms with Gasteiger partial charge in [-0.25, -0.2) is 0 Å². The highest BCUT2D eigenvalue weighted by Gasteiger charge is 2.35. The average Bonchev–Trinajstić information content (AvgIpc) is 2.81. The number of rotatable bonds is 5. The summed E-state index contributed by atoms with van der Waals surface area (Å²) in [4.78, 5) is 2.59. The maximum absolute atomic E-state index is 5.68. The van der Waals surface area contributed by atoms with Crippen molar-refractivity contribution in [2.24, 2.45) is 17.8 Å². The second-order valence-corrected chi connectivity index (χ2v) is 5.46. The highest BCUT2D eigenvalue weighted by Crippen LogP contribution is 2.29. The van der Waals surface area contributed by atoms with Crippen LogP contribution >= 0.6 is 12.4 Å². The van der Waals surface area contributed by atoms with E-state index >= 15 is 0 Å². The zero-order chi connectivity index (χ0) is 10.1. The Morgan fingerprint density at radius 2 is 1.81 bits per heavy atom. The number of nitrogens with one attached hydrogen (secondary N) is 1. The Morgan fingerprint density at radius 3 is 2.44 bits per heavy atom. The third kappa shape index (κ3) is 3.10. The van der Waals surface area contributed by atoms with Crippen LogP contribution in [0.2, 0.25) is 0 Å². The molecule has 0 bridgehead atoms. The smallest absolute Gasteiger partial charge is 0.0593 e. The number of nitrogens with zero attached hydrogens (tertiary/aromatic N) is 1. The summed E-state index contributed by atoms with van der Waals surface area (Å²) in [6.07, 6.45) is 2.80. The molecule has 0 amide bonds. The summed E-state index contributed by atoms with van der Waals surface area (Å²) in [5, 5.41) is 3.48. The minimum Gasteiger partial charge on any atom is -0.380 e. The van der Waals surface area contributed by atoms with Gasteiger partial charge in [-0.3, -0.25) is 0 Å². The van der Waals surface area contributed by atoms with Crippen molar-refractivity contribution in [1.82, 2.24) is 10.2 Å². The second-order valence-electron chi connectivity index (χ2n) is 5.46. The lowest BCUT2D eigenvalue weighted by molar-refractivity contribution is 0.101. The van der Waals surface area contributed by atoms with Gasteiger partial charge in [0.15, 0.2) is 0 Å². The third-order valence-electron chi connectivity index (χ3n) is 4.07. The monoisotopic (exact) mass is 246 g/mol. The van der Waals surface area contributed by atoms with E-state index < -0.39 is 0 Å². The molecule has 3 fully saturated rings. The second kappa shape index (κ2) is 5.67. The van der Waals surface area contributed by atoms with Crippen LogP contribution in [0.15, 0.2) is 0 Å². The number of hydrogen-bond donors (Lipinski definition) is 1. The van der Waals surface area contributed by atoms with Crippen LogP contribution in [0.1, 0.15) is 12.8 Å². The van der Waals surface area contributed by atoms with Gasteiger partial charge in [-0.15, -0.1) is 12.4 Å². The standard InChI is InChI=1S/C12H22N2O.ClH/c1-2-10(1)9-15-4-3-14-7-11-5-13-6-12(11)8-14;/h10-13H,1-9H2;1H/t11-,12+;. The summed E-state index contributed by atoms with van der Waals surface area (Å²) in [7, 11) is 0. The maximum Gasteiger partial charge on any atom is 0.0593 e. The van der Waals surface area contributed by atoms with E-state index in [1.165, 1.54) is 39.0 Å². The van der Waals surface area contributed by atoms with E-state index in [1.54, 1.807) is 0 Å². The summed E-state index contributed by atoms with van der Waals surface area (Å²) in [5.74, 6) is 2.76. The molecule has 0 radical (unpaired) electrons. The van der Waals surface area contributed by atoms with Crippen LogP contribution in [-0.4, -0.2) is 50.8 Å². The van der Waals surface area contributed by atoms with Crippen molar-refractivity contribution in [2.45, 2.75) is 12.8 Å². The summed E-state index contributed by atoms with van der Waals surface area (Å²) >= 11 is 0. The number of likely N-dealkylation sites (tertiary alicyclic amines) is 1. The molecule has 94 valence electrons. The molecule has 3 nitrogen and oxygen atoms in total. The molecule has 1 N–H and O–H groups in total. The molecule has 0 aromatic heterocycles. The number of ether oxygens (including phenoxy) is 1. The molecule has 2 heterocycles. The van der Waals surface area contributed by atoms with Gasteiger partial charge in [0.25, 0.3) is 0 Å². The summed E-state index contributed by atoms with van der Waals surface area (Å²) in [6, 6.07) is 0. The van der Waals surface area contributed by atoms with Crippen molar-refractivity contribution in [3.05, 3.63) is 0 Å². The van der Waals surface area contributed by atoms with Crippen LogP contribution in [0.5, 0.6) is 0 Å². The van der Waals surface area contributed by atoms with Crippen LogP contribution < -0.4 is 5.32 Å². The molecule has 16 heavy (non-hydrogen) atoms. The minimum atomic E-state index is 0. The number of hydrogen-bond acceptors (Lipinski definition) is 3. The highest BCUT2D eigenvalue weighted by atomic mass is 35.5. The van der Waals surface area contributed by atoms with E-state index in [2.05, 4.69) is 10.2 Å². The molecular formula is C12H23ClN2O. The molecule has 1 aliphatic carbocycles. The lowest BCUT2D eigenvalue weighted by Gasteiger charge is -2.16. The van der Waals surface area contributed by atoms with E-state index in [-0.39, 0.29) is 12.4 Å². The quantitative estimate of drug-likeness (QED) is 0.733. The van der Waals surface area contributed by atoms with Gasteiger partial charge in [0.2, 0.25) is 0 Å². The van der Waals surface area contributed by atoms with Gasteiger partial charge in [0, 0.05) is 26.2 Å². The molecule has 2 aliphatic heterocycles. The molecule has 0 spiro atoms. The fourth-order valence-electron chi connectivity index (χ4n) is 2.86. The number of halogens is 1. The van der Waals surface area contributed by atoms with Crippen molar-refractivity contribution in [3.8, 4) is 0 Å². The lowest BCUT2D eigenvalue weighted by atomic mass is 10.0. The summed E-state index contributed by atoms with van der Waals surface area (Å²) < 4.78 is 5.68. The summed E-state index contributed by atoms with van der Waals surface area (Å²) in [5.41, 5.74) is 0. The van der Waals surface area contributed by atoms with Crippen LogP contribution in [0, 0.1) is 17.8 Å². The Labute approximate surface area is 104 Å². The van der Waals surface area contributed by atoms with Gasteiger partial charge in [0.1, 0.15) is 0 Å².